The van der Waals surface area contributed by atoms with Gasteiger partial charge in [-0.3, -0.25) is 9.78 Å². The topological polar surface area (TPSA) is 42.0 Å². The second-order valence-corrected chi connectivity index (χ2v) is 9.79. The normalized spacial score (nSPS) is 19.7. The molecule has 2 atom stereocenters. The summed E-state index contributed by atoms with van der Waals surface area (Å²) in [5, 5.41) is 4.84. The lowest BCUT2D eigenvalue weighted by Crippen LogP contribution is -2.29. The predicted octanol–water partition coefficient (Wildman–Crippen LogP) is 7.43. The van der Waals surface area contributed by atoms with E-state index in [1.165, 1.54) is 16.7 Å². The van der Waals surface area contributed by atoms with Crippen molar-refractivity contribution in [1.82, 2.24) is 4.98 Å². The molecule has 3 nitrogen and oxygen atoms in total. The Hall–Kier alpha value is -3.72. The Balaban J connectivity index is 1.54. The SMILES string of the molecule is CC(C)c1ccc([C@@H]2Nc3ccc4ncccc4c3C3=C2C(=O)C[C@H](c2ccccc2)C3)cc1. The van der Waals surface area contributed by atoms with Gasteiger partial charge >= 0.3 is 0 Å². The molecular formula is C31H28N2O. The van der Waals surface area contributed by atoms with Gasteiger partial charge in [0.1, 0.15) is 0 Å². The number of benzene rings is 3. The smallest absolute Gasteiger partial charge is 0.162 e. The van der Waals surface area contributed by atoms with Crippen LogP contribution in [0.4, 0.5) is 5.69 Å². The summed E-state index contributed by atoms with van der Waals surface area (Å²) in [6, 6.07) is 27.4. The molecule has 0 radical (unpaired) electrons. The standard InChI is InChI=1S/C31H28N2O/c1-19(2)20-10-12-22(13-11-20)31-30-25(17-23(18-28(30)34)21-7-4-3-5-8-21)29-24-9-6-16-32-26(24)14-15-27(29)33-31/h3-16,19,23,31,33H,17-18H2,1-2H3/t23-,31+/m1/s1. The Bertz CT molecular complexity index is 1420. The van der Waals surface area contributed by atoms with Crippen LogP contribution in [-0.2, 0) is 4.79 Å². The van der Waals surface area contributed by atoms with E-state index in [-0.39, 0.29) is 17.7 Å². The Morgan fingerprint density at radius 2 is 1.65 bits per heavy atom. The maximum Gasteiger partial charge on any atom is 0.162 e. The van der Waals surface area contributed by atoms with Crippen molar-refractivity contribution in [2.45, 2.75) is 44.6 Å². The quantitative estimate of drug-likeness (QED) is 0.357. The van der Waals surface area contributed by atoms with E-state index in [1.54, 1.807) is 0 Å². The molecule has 3 heteroatoms. The molecule has 0 saturated heterocycles. The Morgan fingerprint density at radius 1 is 0.853 bits per heavy atom. The molecule has 0 fully saturated rings. The molecule has 34 heavy (non-hydrogen) atoms. The van der Waals surface area contributed by atoms with Gasteiger partial charge in [0.25, 0.3) is 0 Å². The van der Waals surface area contributed by atoms with Gasteiger partial charge in [0.15, 0.2) is 5.78 Å². The number of hydrogen-bond donors (Lipinski definition) is 1. The lowest BCUT2D eigenvalue weighted by molar-refractivity contribution is -0.116. The summed E-state index contributed by atoms with van der Waals surface area (Å²) in [5.74, 6) is 0.909. The summed E-state index contributed by atoms with van der Waals surface area (Å²) in [6.07, 6.45) is 3.23. The molecule has 0 amide bonds. The van der Waals surface area contributed by atoms with Crippen LogP contribution >= 0.6 is 0 Å². The number of nitrogens with zero attached hydrogens (tertiary/aromatic N) is 1. The van der Waals surface area contributed by atoms with Crippen LogP contribution in [0.3, 0.4) is 0 Å². The van der Waals surface area contributed by atoms with Crippen LogP contribution in [0.2, 0.25) is 0 Å². The van der Waals surface area contributed by atoms with Gasteiger partial charge < -0.3 is 5.32 Å². The molecule has 0 unspecified atom stereocenters. The number of allylic oxidation sites excluding steroid dienone is 1. The number of carbonyl (C=O) groups is 1. The highest BCUT2D eigenvalue weighted by molar-refractivity contribution is 6.12. The monoisotopic (exact) mass is 444 g/mol. The highest BCUT2D eigenvalue weighted by Crippen LogP contribution is 2.50. The van der Waals surface area contributed by atoms with Gasteiger partial charge in [0.2, 0.25) is 0 Å². The first-order valence-corrected chi connectivity index (χ1v) is 12.2. The van der Waals surface area contributed by atoms with Crippen molar-refractivity contribution < 1.29 is 4.79 Å². The Labute approximate surface area is 200 Å². The van der Waals surface area contributed by atoms with Crippen LogP contribution in [0.1, 0.15) is 66.8 Å². The van der Waals surface area contributed by atoms with Gasteiger partial charge in [0.05, 0.1) is 11.6 Å². The lowest BCUT2D eigenvalue weighted by atomic mass is 9.71. The fourth-order valence-corrected chi connectivity index (χ4v) is 5.61. The number of carbonyl (C=O) groups excluding carboxylic acids is 1. The average Bonchev–Trinajstić information content (AvgIpc) is 2.88. The van der Waals surface area contributed by atoms with Gasteiger partial charge in [-0.15, -0.1) is 0 Å². The maximum atomic E-state index is 13.8. The van der Waals surface area contributed by atoms with Crippen molar-refractivity contribution in [1.29, 1.82) is 0 Å². The van der Waals surface area contributed by atoms with Gasteiger partial charge in [-0.25, -0.2) is 0 Å². The molecular weight excluding hydrogens is 416 g/mol. The molecule has 0 bridgehead atoms. The molecule has 1 aromatic heterocycles. The molecule has 0 spiro atoms. The molecule has 6 rings (SSSR count). The van der Waals surface area contributed by atoms with Gasteiger partial charge in [-0.05, 0) is 58.7 Å². The summed E-state index contributed by atoms with van der Waals surface area (Å²) in [4.78, 5) is 18.4. The number of aromatic nitrogens is 1. The third-order valence-electron chi connectivity index (χ3n) is 7.39. The Morgan fingerprint density at radius 3 is 2.41 bits per heavy atom. The van der Waals surface area contributed by atoms with E-state index in [1.807, 2.05) is 18.3 Å². The van der Waals surface area contributed by atoms with Crippen molar-refractivity contribution in [3.8, 4) is 0 Å². The molecule has 2 heterocycles. The molecule has 168 valence electrons. The summed E-state index contributed by atoms with van der Waals surface area (Å²) in [6.45, 7) is 4.41. The van der Waals surface area contributed by atoms with Crippen molar-refractivity contribution in [3.63, 3.8) is 0 Å². The minimum atomic E-state index is -0.137. The number of pyridine rings is 1. The van der Waals surface area contributed by atoms with Crippen molar-refractivity contribution in [2.24, 2.45) is 0 Å². The third kappa shape index (κ3) is 3.43. The number of fused-ring (bicyclic) bond motifs is 4. The van der Waals surface area contributed by atoms with E-state index in [0.717, 1.165) is 39.7 Å². The number of Topliss-reactive ketones (excluding diaryl/α,β-unsaturated/α-hetero) is 1. The lowest BCUT2D eigenvalue weighted by Gasteiger charge is -2.37. The summed E-state index contributed by atoms with van der Waals surface area (Å²) >= 11 is 0. The number of anilines is 1. The molecule has 3 aromatic carbocycles. The highest BCUT2D eigenvalue weighted by atomic mass is 16.1. The minimum Gasteiger partial charge on any atom is -0.373 e. The van der Waals surface area contributed by atoms with Crippen molar-refractivity contribution >= 4 is 27.9 Å². The van der Waals surface area contributed by atoms with E-state index >= 15 is 0 Å². The van der Waals surface area contributed by atoms with Crippen LogP contribution in [0.15, 0.2) is 90.6 Å². The van der Waals surface area contributed by atoms with E-state index < -0.39 is 0 Å². The first-order valence-electron chi connectivity index (χ1n) is 12.2. The molecule has 0 saturated carbocycles. The van der Waals surface area contributed by atoms with Crippen LogP contribution in [-0.4, -0.2) is 10.8 Å². The number of rotatable bonds is 3. The molecule has 1 aliphatic heterocycles. The molecule has 1 aliphatic carbocycles. The fraction of sp³-hybridized carbons (Fsp3) is 0.226. The zero-order chi connectivity index (χ0) is 23.2. The van der Waals surface area contributed by atoms with Gasteiger partial charge in [0, 0.05) is 34.8 Å². The molecule has 4 aromatic rings. The second kappa shape index (κ2) is 8.25. The zero-order valence-electron chi connectivity index (χ0n) is 19.6. The first kappa shape index (κ1) is 20.9. The minimum absolute atomic E-state index is 0.137. The van der Waals surface area contributed by atoms with E-state index in [4.69, 9.17) is 0 Å². The molecule has 2 aliphatic rings. The second-order valence-electron chi connectivity index (χ2n) is 9.79. The fourth-order valence-electron chi connectivity index (χ4n) is 5.61. The van der Waals surface area contributed by atoms with Crippen molar-refractivity contribution in [2.75, 3.05) is 5.32 Å². The number of nitrogens with one attached hydrogen (secondary N) is 1. The van der Waals surface area contributed by atoms with Crippen LogP contribution in [0.25, 0.3) is 16.5 Å². The maximum absolute atomic E-state index is 13.8. The first-order chi connectivity index (χ1) is 16.6. The zero-order valence-corrected chi connectivity index (χ0v) is 19.6. The summed E-state index contributed by atoms with van der Waals surface area (Å²) in [7, 11) is 0. The average molecular weight is 445 g/mol. The van der Waals surface area contributed by atoms with Crippen LogP contribution in [0.5, 0.6) is 0 Å². The van der Waals surface area contributed by atoms with E-state index in [0.29, 0.717) is 12.3 Å². The van der Waals surface area contributed by atoms with Crippen molar-refractivity contribution in [3.05, 3.63) is 113 Å². The van der Waals surface area contributed by atoms with Gasteiger partial charge in [-0.2, -0.15) is 0 Å². The largest absolute Gasteiger partial charge is 0.373 e. The predicted molar refractivity (Wildman–Crippen MR) is 139 cm³/mol. The number of ketones is 1. The third-order valence-corrected chi connectivity index (χ3v) is 7.39. The van der Waals surface area contributed by atoms with Crippen LogP contribution < -0.4 is 5.32 Å². The van der Waals surface area contributed by atoms with Gasteiger partial charge in [-0.1, -0.05) is 74.5 Å². The summed E-state index contributed by atoms with van der Waals surface area (Å²) < 4.78 is 0. The number of hydrogen-bond acceptors (Lipinski definition) is 3. The van der Waals surface area contributed by atoms with Crippen LogP contribution in [0, 0.1) is 0 Å². The summed E-state index contributed by atoms with van der Waals surface area (Å²) in [5.41, 5.74) is 8.97. The highest BCUT2D eigenvalue weighted by Gasteiger charge is 2.38. The van der Waals surface area contributed by atoms with E-state index in [9.17, 15) is 4.79 Å². The van der Waals surface area contributed by atoms with E-state index in [2.05, 4.69) is 90.9 Å². The molecule has 1 N–H and O–H groups in total. The Kier molecular flexibility index (Phi) is 5.06.